The Morgan fingerprint density at radius 1 is 1.25 bits per heavy atom. The molecule has 0 aliphatic rings. The molecule has 4 aromatic rings. The summed E-state index contributed by atoms with van der Waals surface area (Å²) >= 11 is 0. The maximum Gasteiger partial charge on any atom is 0.254 e. The lowest BCUT2D eigenvalue weighted by atomic mass is 10.0. The zero-order valence-electron chi connectivity index (χ0n) is 17.6. The van der Waals surface area contributed by atoms with E-state index in [0.717, 1.165) is 0 Å². The average molecular weight is 429 g/mol. The second-order valence-corrected chi connectivity index (χ2v) is 7.19. The highest BCUT2D eigenvalue weighted by molar-refractivity contribution is 5.96. The summed E-state index contributed by atoms with van der Waals surface area (Å²) in [5.41, 5.74) is 2.76. The van der Waals surface area contributed by atoms with E-state index in [1.54, 1.807) is 32.2 Å². The van der Waals surface area contributed by atoms with E-state index >= 15 is 4.39 Å². The van der Waals surface area contributed by atoms with Gasteiger partial charge < -0.3 is 9.64 Å². The molecule has 0 spiro atoms. The van der Waals surface area contributed by atoms with Crippen LogP contribution in [-0.4, -0.2) is 39.6 Å². The molecule has 2 aromatic carbocycles. The number of rotatable bonds is 6. The molecular formula is C24H20FN5O2. The molecule has 32 heavy (non-hydrogen) atoms. The summed E-state index contributed by atoms with van der Waals surface area (Å²) in [7, 11) is 1.62. The van der Waals surface area contributed by atoms with Gasteiger partial charge in [0.1, 0.15) is 17.6 Å². The third kappa shape index (κ3) is 3.88. The summed E-state index contributed by atoms with van der Waals surface area (Å²) < 4.78 is 20.8. The van der Waals surface area contributed by atoms with Crippen LogP contribution >= 0.6 is 0 Å². The molecule has 4 rings (SSSR count). The lowest BCUT2D eigenvalue weighted by molar-refractivity contribution is 0.0784. The number of carbonyl (C=O) groups excluding carboxylic acids is 1. The van der Waals surface area contributed by atoms with Crippen LogP contribution in [0.25, 0.3) is 22.0 Å². The molecule has 8 heteroatoms. The summed E-state index contributed by atoms with van der Waals surface area (Å²) in [5.74, 6) is -0.595. The first kappa shape index (κ1) is 21.0. The molecule has 1 N–H and O–H groups in total. The molecule has 0 unspecified atom stereocenters. The number of ether oxygens (including phenoxy) is 1. The summed E-state index contributed by atoms with van der Waals surface area (Å²) in [6, 6.07) is 13.9. The topological polar surface area (TPSA) is 94.9 Å². The van der Waals surface area contributed by atoms with Gasteiger partial charge in [0, 0.05) is 30.9 Å². The second kappa shape index (κ2) is 8.86. The summed E-state index contributed by atoms with van der Waals surface area (Å²) in [6.07, 6.45) is 3.06. The van der Waals surface area contributed by atoms with E-state index < -0.39 is 5.82 Å². The van der Waals surface area contributed by atoms with Crippen molar-refractivity contribution < 1.29 is 13.9 Å². The van der Waals surface area contributed by atoms with Gasteiger partial charge in [0.15, 0.2) is 5.69 Å². The molecule has 0 saturated heterocycles. The Morgan fingerprint density at radius 2 is 2.03 bits per heavy atom. The molecule has 7 nitrogen and oxygen atoms in total. The van der Waals surface area contributed by atoms with Gasteiger partial charge in [-0.3, -0.25) is 9.89 Å². The van der Waals surface area contributed by atoms with Crippen molar-refractivity contribution in [2.45, 2.75) is 13.5 Å². The van der Waals surface area contributed by atoms with E-state index in [4.69, 9.17) is 4.74 Å². The number of H-pyrrole nitrogens is 1. The molecule has 2 heterocycles. The van der Waals surface area contributed by atoms with Crippen LogP contribution in [0.15, 0.2) is 54.9 Å². The number of aromatic amines is 1. The quantitative estimate of drug-likeness (QED) is 0.493. The largest absolute Gasteiger partial charge is 0.493 e. The molecular weight excluding hydrogens is 409 g/mol. The minimum absolute atomic E-state index is 0.176. The van der Waals surface area contributed by atoms with Crippen molar-refractivity contribution in [1.82, 2.24) is 20.1 Å². The normalized spacial score (nSPS) is 10.7. The Hall–Kier alpha value is -4.25. The van der Waals surface area contributed by atoms with Gasteiger partial charge in [-0.1, -0.05) is 30.3 Å². The second-order valence-electron chi connectivity index (χ2n) is 7.19. The third-order valence-electron chi connectivity index (χ3n) is 5.09. The highest BCUT2D eigenvalue weighted by Gasteiger charge is 2.21. The number of hydrogen-bond acceptors (Lipinski definition) is 5. The first-order chi connectivity index (χ1) is 15.5. The maximum atomic E-state index is 15.1. The molecule has 0 bridgehead atoms. The fraction of sp³-hybridized carbons (Fsp3) is 0.167. The van der Waals surface area contributed by atoms with Gasteiger partial charge in [-0.25, -0.2) is 9.37 Å². The number of aromatic nitrogens is 3. The van der Waals surface area contributed by atoms with Gasteiger partial charge in [0.25, 0.3) is 5.91 Å². The minimum Gasteiger partial charge on any atom is -0.493 e. The molecule has 160 valence electrons. The number of hydrogen-bond donors (Lipinski definition) is 1. The SMILES string of the molecule is CCOc1cc(C(=O)N(C)Cc2cnc(C#N)c3cn[nH]c23)cc(F)c1-c1ccccc1. The fourth-order valence-electron chi connectivity index (χ4n) is 3.60. The molecule has 2 aromatic heterocycles. The van der Waals surface area contributed by atoms with Crippen LogP contribution in [0.2, 0.25) is 0 Å². The number of nitrogens with one attached hydrogen (secondary N) is 1. The van der Waals surface area contributed by atoms with Gasteiger partial charge in [-0.2, -0.15) is 10.4 Å². The monoisotopic (exact) mass is 429 g/mol. The standard InChI is InChI=1S/C24H20FN5O2/c1-3-32-21-10-16(9-19(25)22(21)15-7-5-4-6-8-15)24(31)30(2)14-17-12-27-20(11-26)18-13-28-29-23(17)18/h4-10,12-13H,3,14H2,1-2H3,(H,28,29). The van der Waals surface area contributed by atoms with E-state index in [0.29, 0.717) is 39.9 Å². The van der Waals surface area contributed by atoms with Gasteiger partial charge in [0.2, 0.25) is 0 Å². The van der Waals surface area contributed by atoms with Crippen molar-refractivity contribution in [2.24, 2.45) is 0 Å². The first-order valence-electron chi connectivity index (χ1n) is 10.0. The lowest BCUT2D eigenvalue weighted by Gasteiger charge is -2.19. The molecule has 0 radical (unpaired) electrons. The first-order valence-corrected chi connectivity index (χ1v) is 10.0. The Bertz CT molecular complexity index is 1330. The Balaban J connectivity index is 1.66. The maximum absolute atomic E-state index is 15.1. The number of pyridine rings is 1. The van der Waals surface area contributed by atoms with Crippen molar-refractivity contribution in [1.29, 1.82) is 5.26 Å². The highest BCUT2D eigenvalue weighted by Crippen LogP contribution is 2.34. The van der Waals surface area contributed by atoms with E-state index in [9.17, 15) is 10.1 Å². The summed E-state index contributed by atoms with van der Waals surface area (Å²) in [5, 5.41) is 16.6. The zero-order valence-corrected chi connectivity index (χ0v) is 17.6. The van der Waals surface area contributed by atoms with Gasteiger partial charge in [0.05, 0.1) is 29.3 Å². The number of carbonyl (C=O) groups is 1. The third-order valence-corrected chi connectivity index (χ3v) is 5.09. The van der Waals surface area contributed by atoms with Crippen molar-refractivity contribution in [3.8, 4) is 22.9 Å². The lowest BCUT2D eigenvalue weighted by Crippen LogP contribution is -2.26. The van der Waals surface area contributed by atoms with Crippen LogP contribution < -0.4 is 4.74 Å². The van der Waals surface area contributed by atoms with E-state index in [-0.39, 0.29) is 23.7 Å². The van der Waals surface area contributed by atoms with Crippen molar-refractivity contribution >= 4 is 16.8 Å². The summed E-state index contributed by atoms with van der Waals surface area (Å²) in [4.78, 5) is 18.7. The Labute approximate surface area is 184 Å². The predicted molar refractivity (Wildman–Crippen MR) is 117 cm³/mol. The molecule has 0 aliphatic carbocycles. The van der Waals surface area contributed by atoms with Gasteiger partial charge >= 0.3 is 0 Å². The highest BCUT2D eigenvalue weighted by atomic mass is 19.1. The van der Waals surface area contributed by atoms with Crippen LogP contribution in [0.5, 0.6) is 5.75 Å². The van der Waals surface area contributed by atoms with Crippen molar-refractivity contribution in [2.75, 3.05) is 13.7 Å². The van der Waals surface area contributed by atoms with E-state index in [1.165, 1.54) is 23.4 Å². The van der Waals surface area contributed by atoms with Crippen LogP contribution in [0, 0.1) is 17.1 Å². The van der Waals surface area contributed by atoms with Crippen LogP contribution in [0.4, 0.5) is 4.39 Å². The molecule has 0 fully saturated rings. The number of benzene rings is 2. The predicted octanol–water partition coefficient (Wildman–Crippen LogP) is 4.31. The van der Waals surface area contributed by atoms with Crippen molar-refractivity contribution in [3.05, 3.63) is 77.5 Å². The van der Waals surface area contributed by atoms with Gasteiger partial charge in [-0.15, -0.1) is 0 Å². The Kier molecular flexibility index (Phi) is 5.81. The van der Waals surface area contributed by atoms with Crippen LogP contribution in [0.1, 0.15) is 28.5 Å². The number of nitrogens with zero attached hydrogens (tertiary/aromatic N) is 4. The average Bonchev–Trinajstić information content (AvgIpc) is 3.30. The summed E-state index contributed by atoms with van der Waals surface area (Å²) in [6.45, 7) is 2.34. The minimum atomic E-state index is -0.533. The smallest absolute Gasteiger partial charge is 0.254 e. The molecule has 0 atom stereocenters. The Morgan fingerprint density at radius 3 is 2.75 bits per heavy atom. The number of amides is 1. The zero-order chi connectivity index (χ0) is 22.7. The molecule has 1 amide bonds. The van der Waals surface area contributed by atoms with E-state index in [2.05, 4.69) is 15.2 Å². The number of fused-ring (bicyclic) bond motifs is 1. The molecule has 0 saturated carbocycles. The van der Waals surface area contributed by atoms with Gasteiger partial charge in [-0.05, 0) is 24.6 Å². The molecule has 0 aliphatic heterocycles. The number of nitriles is 1. The van der Waals surface area contributed by atoms with E-state index in [1.807, 2.05) is 24.3 Å². The van der Waals surface area contributed by atoms with Crippen LogP contribution in [-0.2, 0) is 6.54 Å². The fourth-order valence-corrected chi connectivity index (χ4v) is 3.60. The van der Waals surface area contributed by atoms with Crippen LogP contribution in [0.3, 0.4) is 0 Å². The number of halogens is 1. The van der Waals surface area contributed by atoms with Crippen molar-refractivity contribution in [3.63, 3.8) is 0 Å².